The van der Waals surface area contributed by atoms with Crippen molar-refractivity contribution in [1.29, 1.82) is 5.26 Å². The van der Waals surface area contributed by atoms with Gasteiger partial charge in [0.2, 0.25) is 0 Å². The molecule has 0 aromatic rings. The van der Waals surface area contributed by atoms with Crippen LogP contribution in [0.5, 0.6) is 0 Å². The van der Waals surface area contributed by atoms with Crippen LogP contribution in [-0.2, 0) is 4.79 Å². The Labute approximate surface area is 100 Å². The number of rotatable bonds is 3. The molecule has 0 aromatic carbocycles. The minimum atomic E-state index is -0.870. The molecular weight excluding hydrogens is 165 g/mol. The van der Waals surface area contributed by atoms with Crippen molar-refractivity contribution >= 4 is 69.1 Å². The van der Waals surface area contributed by atoms with E-state index in [0.29, 0.717) is 0 Å². The van der Waals surface area contributed by atoms with Crippen LogP contribution in [0.25, 0.3) is 0 Å². The van der Waals surface area contributed by atoms with Gasteiger partial charge in [-0.3, -0.25) is 4.79 Å². The van der Waals surface area contributed by atoms with E-state index in [9.17, 15) is 4.79 Å². The molecular formula is C4H6KNO2S. The zero-order valence-corrected chi connectivity index (χ0v) is 4.94. The number of nitriles is 1. The summed E-state index contributed by atoms with van der Waals surface area (Å²) in [5.74, 6) is -0.592. The molecule has 0 atom stereocenters. The maximum atomic E-state index is 9.74. The Morgan fingerprint density at radius 2 is 2.33 bits per heavy atom. The number of hydrogen-bond donors (Lipinski definition) is 1. The second-order valence-electron chi connectivity index (χ2n) is 1.04. The molecule has 1 N–H and O–H groups in total. The molecule has 5 heteroatoms. The van der Waals surface area contributed by atoms with Crippen LogP contribution in [0.15, 0.2) is 0 Å². The zero-order chi connectivity index (χ0) is 6.41. The van der Waals surface area contributed by atoms with E-state index in [4.69, 9.17) is 10.4 Å². The van der Waals surface area contributed by atoms with E-state index in [2.05, 4.69) is 0 Å². The Balaban J connectivity index is 0. The van der Waals surface area contributed by atoms with Crippen molar-refractivity contribution in [3.05, 3.63) is 0 Å². The average Bonchev–Trinajstić information content (AvgIpc) is 1.66. The van der Waals surface area contributed by atoms with Gasteiger partial charge >= 0.3 is 57.4 Å². The van der Waals surface area contributed by atoms with Gasteiger partial charge in [0.25, 0.3) is 0 Å². The second-order valence-corrected chi connectivity index (χ2v) is 2.03. The van der Waals surface area contributed by atoms with Crippen molar-refractivity contribution in [3.63, 3.8) is 0 Å². The molecule has 46 valence electrons. The summed E-state index contributed by atoms with van der Waals surface area (Å²) < 4.78 is 0. The Kier molecular flexibility index (Phi) is 12.5. The minimum absolute atomic E-state index is 0. The van der Waals surface area contributed by atoms with Crippen LogP contribution in [0.1, 0.15) is 0 Å². The Hall–Kier alpha value is 0.946. The molecule has 0 aliphatic carbocycles. The molecule has 0 radical (unpaired) electrons. The third-order valence-corrected chi connectivity index (χ3v) is 1.18. The molecule has 0 aliphatic heterocycles. The van der Waals surface area contributed by atoms with Gasteiger partial charge in [-0.25, -0.2) is 0 Å². The first-order valence-corrected chi connectivity index (χ1v) is 3.09. The van der Waals surface area contributed by atoms with Crippen LogP contribution in [0.4, 0.5) is 0 Å². The van der Waals surface area contributed by atoms with Crippen LogP contribution in [0.3, 0.4) is 0 Å². The van der Waals surface area contributed by atoms with E-state index in [1.54, 1.807) is 0 Å². The van der Waals surface area contributed by atoms with Crippen LogP contribution < -0.4 is 0 Å². The van der Waals surface area contributed by atoms with Crippen molar-refractivity contribution in [2.24, 2.45) is 0 Å². The predicted molar refractivity (Wildman–Crippen MR) is 37.7 cm³/mol. The summed E-state index contributed by atoms with van der Waals surface area (Å²) in [5.41, 5.74) is 0. The first-order chi connectivity index (χ1) is 3.77. The van der Waals surface area contributed by atoms with Gasteiger partial charge in [0, 0.05) is 0 Å². The topological polar surface area (TPSA) is 61.1 Å². The average molecular weight is 171 g/mol. The van der Waals surface area contributed by atoms with E-state index in [0.717, 1.165) is 11.8 Å². The summed E-state index contributed by atoms with van der Waals surface area (Å²) in [6, 6.07) is 1.82. The van der Waals surface area contributed by atoms with Crippen molar-refractivity contribution in [1.82, 2.24) is 0 Å². The number of carbonyl (C=O) groups is 1. The molecule has 0 saturated carbocycles. The third-order valence-electron chi connectivity index (χ3n) is 0.392. The molecule has 0 aromatic heterocycles. The van der Waals surface area contributed by atoms with Crippen LogP contribution in [0, 0.1) is 11.3 Å². The molecule has 0 spiro atoms. The predicted octanol–water partition coefficient (Wildman–Crippen LogP) is -0.321. The van der Waals surface area contributed by atoms with Crippen LogP contribution in [0.2, 0.25) is 0 Å². The van der Waals surface area contributed by atoms with Crippen LogP contribution >= 0.6 is 11.8 Å². The van der Waals surface area contributed by atoms with Crippen molar-refractivity contribution in [2.45, 2.75) is 0 Å². The molecule has 9 heavy (non-hydrogen) atoms. The van der Waals surface area contributed by atoms with Gasteiger partial charge < -0.3 is 5.11 Å². The standard InChI is InChI=1S/C4H5NO2S.K.H/c5-1-2-8-3-4(6)7;;/h2-3H2,(H,6,7);;. The first-order valence-electron chi connectivity index (χ1n) is 1.94. The van der Waals surface area contributed by atoms with Crippen molar-refractivity contribution in [2.75, 3.05) is 11.5 Å². The van der Waals surface area contributed by atoms with Gasteiger partial charge in [-0.2, -0.15) is 5.26 Å². The molecule has 0 fully saturated rings. The van der Waals surface area contributed by atoms with Gasteiger partial charge in [-0.15, -0.1) is 11.8 Å². The number of aliphatic carboxylic acids is 1. The molecule has 3 nitrogen and oxygen atoms in total. The molecule has 0 unspecified atom stereocenters. The van der Waals surface area contributed by atoms with E-state index in [-0.39, 0.29) is 62.9 Å². The van der Waals surface area contributed by atoms with Crippen LogP contribution in [-0.4, -0.2) is 74.0 Å². The Bertz CT molecular complexity index is 122. The van der Waals surface area contributed by atoms with E-state index in [1.165, 1.54) is 0 Å². The normalized spacial score (nSPS) is 7.00. The molecule has 0 heterocycles. The quantitative estimate of drug-likeness (QED) is 0.467. The van der Waals surface area contributed by atoms with Gasteiger partial charge in [0.15, 0.2) is 0 Å². The van der Waals surface area contributed by atoms with E-state index < -0.39 is 5.97 Å². The fraction of sp³-hybridized carbons (Fsp3) is 0.500. The maximum absolute atomic E-state index is 9.74. The van der Waals surface area contributed by atoms with Crippen molar-refractivity contribution < 1.29 is 9.90 Å². The van der Waals surface area contributed by atoms with Crippen molar-refractivity contribution in [3.8, 4) is 6.07 Å². The molecule has 0 bridgehead atoms. The number of carboxylic acids is 1. The summed E-state index contributed by atoms with van der Waals surface area (Å²) in [5, 5.41) is 15.9. The Morgan fingerprint density at radius 1 is 1.78 bits per heavy atom. The molecule has 0 amide bonds. The summed E-state index contributed by atoms with van der Waals surface area (Å²) in [7, 11) is 0. The van der Waals surface area contributed by atoms with Gasteiger partial charge in [-0.05, 0) is 0 Å². The summed E-state index contributed by atoms with van der Waals surface area (Å²) in [6.07, 6.45) is 0. The third kappa shape index (κ3) is 12.2. The zero-order valence-electron chi connectivity index (χ0n) is 4.13. The monoisotopic (exact) mass is 171 g/mol. The van der Waals surface area contributed by atoms with E-state index >= 15 is 0 Å². The summed E-state index contributed by atoms with van der Waals surface area (Å²) in [4.78, 5) is 9.74. The van der Waals surface area contributed by atoms with Gasteiger partial charge in [0.05, 0.1) is 17.6 Å². The van der Waals surface area contributed by atoms with E-state index in [1.807, 2.05) is 6.07 Å². The number of hydrogen-bond acceptors (Lipinski definition) is 3. The second kappa shape index (κ2) is 8.95. The number of nitrogens with zero attached hydrogens (tertiary/aromatic N) is 1. The molecule has 0 saturated heterocycles. The Morgan fingerprint density at radius 3 is 2.67 bits per heavy atom. The number of carboxylic acid groups (broad SMARTS) is 1. The number of thioether (sulfide) groups is 1. The molecule has 0 aliphatic rings. The fourth-order valence-electron chi connectivity index (χ4n) is 0.184. The fourth-order valence-corrected chi connectivity index (χ4v) is 0.552. The first kappa shape index (κ1) is 12.6. The SMILES string of the molecule is N#CCSCC(=O)O.[KH]. The molecule has 0 rings (SSSR count). The van der Waals surface area contributed by atoms with Gasteiger partial charge in [0.1, 0.15) is 0 Å². The summed E-state index contributed by atoms with van der Waals surface area (Å²) >= 11 is 1.10. The van der Waals surface area contributed by atoms with Gasteiger partial charge in [-0.1, -0.05) is 0 Å². The summed E-state index contributed by atoms with van der Waals surface area (Å²) in [6.45, 7) is 0.